The van der Waals surface area contributed by atoms with Crippen molar-refractivity contribution in [3.63, 3.8) is 0 Å². The van der Waals surface area contributed by atoms with Crippen LogP contribution >= 0.6 is 11.6 Å². The number of H-pyrrole nitrogens is 1. The quantitative estimate of drug-likeness (QED) is 0.713. The van der Waals surface area contributed by atoms with E-state index in [2.05, 4.69) is 27.2 Å². The number of aryl methyl sites for hydroxylation is 2. The number of rotatable bonds is 1. The molecule has 1 aromatic carbocycles. The van der Waals surface area contributed by atoms with E-state index in [4.69, 9.17) is 11.6 Å². The van der Waals surface area contributed by atoms with Crippen LogP contribution < -0.4 is 5.32 Å². The molecule has 0 fully saturated rings. The molecule has 0 saturated carbocycles. The van der Waals surface area contributed by atoms with E-state index in [9.17, 15) is 0 Å². The van der Waals surface area contributed by atoms with Crippen molar-refractivity contribution in [1.29, 1.82) is 0 Å². The molecule has 4 nitrogen and oxygen atoms in total. The van der Waals surface area contributed by atoms with Crippen LogP contribution in [0.4, 0.5) is 5.69 Å². The number of anilines is 1. The minimum Gasteiger partial charge on any atom is -0.388 e. The zero-order valence-electron chi connectivity index (χ0n) is 11.7. The molecule has 0 amide bonds. The highest BCUT2D eigenvalue weighted by Gasteiger charge is 2.02. The normalized spacial score (nSPS) is 10.0. The summed E-state index contributed by atoms with van der Waals surface area (Å²) in [6, 6.07) is 7.60. The number of aromatic amines is 1. The molecule has 5 heteroatoms. The van der Waals surface area contributed by atoms with Crippen molar-refractivity contribution in [2.24, 2.45) is 0 Å². The topological polar surface area (TPSA) is 53.6 Å². The standard InChI is InChI=1S/C8H9N3.C7H8ClN/c1-5-6(2)11-8-7(5)3-9-4-10-8;1-9-7-4-2-3-6(8)5-7/h3-4H,1-2H3,(H,9,10,11);2-5,9H,1H3. The lowest BCUT2D eigenvalue weighted by Gasteiger charge is -1.97. The molecule has 2 aromatic heterocycles. The van der Waals surface area contributed by atoms with Crippen molar-refractivity contribution < 1.29 is 0 Å². The molecule has 0 unspecified atom stereocenters. The van der Waals surface area contributed by atoms with E-state index < -0.39 is 0 Å². The number of aromatic nitrogens is 3. The van der Waals surface area contributed by atoms with Gasteiger partial charge < -0.3 is 10.3 Å². The van der Waals surface area contributed by atoms with Crippen molar-refractivity contribution in [1.82, 2.24) is 15.0 Å². The van der Waals surface area contributed by atoms with Gasteiger partial charge in [0.1, 0.15) is 12.0 Å². The van der Waals surface area contributed by atoms with Crippen LogP contribution in [-0.4, -0.2) is 22.0 Å². The maximum Gasteiger partial charge on any atom is 0.141 e. The number of fused-ring (bicyclic) bond motifs is 1. The van der Waals surface area contributed by atoms with E-state index in [1.165, 1.54) is 11.3 Å². The summed E-state index contributed by atoms with van der Waals surface area (Å²) in [4.78, 5) is 11.2. The summed E-state index contributed by atoms with van der Waals surface area (Å²) in [6.07, 6.45) is 3.39. The summed E-state index contributed by atoms with van der Waals surface area (Å²) in [7, 11) is 1.87. The molecule has 20 heavy (non-hydrogen) atoms. The van der Waals surface area contributed by atoms with Crippen LogP contribution in [0.3, 0.4) is 0 Å². The van der Waals surface area contributed by atoms with Gasteiger partial charge >= 0.3 is 0 Å². The summed E-state index contributed by atoms with van der Waals surface area (Å²) in [5, 5.41) is 4.86. The van der Waals surface area contributed by atoms with Gasteiger partial charge in [-0.3, -0.25) is 0 Å². The van der Waals surface area contributed by atoms with Crippen LogP contribution in [0.5, 0.6) is 0 Å². The SMILES string of the molecule is CNc1cccc(Cl)c1.Cc1[nH]c2ncncc2c1C. The fourth-order valence-electron chi connectivity index (χ4n) is 1.82. The number of halogens is 1. The van der Waals surface area contributed by atoms with Gasteiger partial charge in [0, 0.05) is 35.0 Å². The Kier molecular flexibility index (Phi) is 4.58. The van der Waals surface area contributed by atoms with Crippen molar-refractivity contribution in [2.45, 2.75) is 13.8 Å². The van der Waals surface area contributed by atoms with E-state index in [1.54, 1.807) is 6.33 Å². The number of nitrogens with zero attached hydrogens (tertiary/aromatic N) is 2. The summed E-state index contributed by atoms with van der Waals surface area (Å²) in [5.74, 6) is 0. The summed E-state index contributed by atoms with van der Waals surface area (Å²) < 4.78 is 0. The fraction of sp³-hybridized carbons (Fsp3) is 0.200. The minimum absolute atomic E-state index is 0.766. The molecule has 0 aliphatic rings. The van der Waals surface area contributed by atoms with E-state index >= 15 is 0 Å². The molecule has 2 N–H and O–H groups in total. The van der Waals surface area contributed by atoms with Gasteiger partial charge in [-0.2, -0.15) is 0 Å². The maximum atomic E-state index is 5.68. The average molecular weight is 289 g/mol. The molecular formula is C15H17ClN4. The molecule has 104 valence electrons. The molecule has 3 rings (SSSR count). The first kappa shape index (κ1) is 14.3. The van der Waals surface area contributed by atoms with Crippen LogP contribution in [0, 0.1) is 13.8 Å². The van der Waals surface area contributed by atoms with E-state index in [0.29, 0.717) is 0 Å². The van der Waals surface area contributed by atoms with Crippen molar-refractivity contribution >= 4 is 28.3 Å². The monoisotopic (exact) mass is 288 g/mol. The Bertz CT molecular complexity index is 706. The van der Waals surface area contributed by atoms with Gasteiger partial charge in [-0.25, -0.2) is 9.97 Å². The zero-order valence-corrected chi connectivity index (χ0v) is 12.5. The molecule has 0 aliphatic heterocycles. The zero-order chi connectivity index (χ0) is 14.5. The van der Waals surface area contributed by atoms with Crippen molar-refractivity contribution in [3.8, 4) is 0 Å². The van der Waals surface area contributed by atoms with Crippen LogP contribution in [0.15, 0.2) is 36.8 Å². The lowest BCUT2D eigenvalue weighted by atomic mass is 10.2. The second-order valence-corrected chi connectivity index (χ2v) is 4.86. The fourth-order valence-corrected chi connectivity index (χ4v) is 2.01. The van der Waals surface area contributed by atoms with Gasteiger partial charge in [-0.1, -0.05) is 17.7 Å². The summed E-state index contributed by atoms with van der Waals surface area (Å²) >= 11 is 5.68. The van der Waals surface area contributed by atoms with Crippen LogP contribution in [-0.2, 0) is 0 Å². The number of benzene rings is 1. The Hall–Kier alpha value is -2.07. The second-order valence-electron chi connectivity index (χ2n) is 4.42. The molecular weight excluding hydrogens is 272 g/mol. The average Bonchev–Trinajstić information content (AvgIpc) is 2.75. The molecule has 2 heterocycles. The first-order chi connectivity index (χ1) is 9.61. The third kappa shape index (κ3) is 3.27. The second kappa shape index (κ2) is 6.39. The van der Waals surface area contributed by atoms with Crippen molar-refractivity contribution in [2.75, 3.05) is 12.4 Å². The first-order valence-corrected chi connectivity index (χ1v) is 6.68. The molecule has 0 atom stereocenters. The van der Waals surface area contributed by atoms with Gasteiger partial charge in [-0.05, 0) is 37.6 Å². The van der Waals surface area contributed by atoms with Gasteiger partial charge in [-0.15, -0.1) is 0 Å². The Labute approximate surface area is 123 Å². The summed E-state index contributed by atoms with van der Waals surface area (Å²) in [6.45, 7) is 4.11. The lowest BCUT2D eigenvalue weighted by Crippen LogP contribution is -1.85. The van der Waals surface area contributed by atoms with Crippen LogP contribution in [0.25, 0.3) is 11.0 Å². The highest BCUT2D eigenvalue weighted by Crippen LogP contribution is 2.17. The molecule has 0 saturated heterocycles. The number of nitrogens with one attached hydrogen (secondary N) is 2. The number of hydrogen-bond donors (Lipinski definition) is 2. The minimum atomic E-state index is 0.766. The Morgan fingerprint density at radius 2 is 2.05 bits per heavy atom. The third-order valence-electron chi connectivity index (χ3n) is 3.10. The van der Waals surface area contributed by atoms with Gasteiger partial charge in [0.2, 0.25) is 0 Å². The predicted octanol–water partition coefficient (Wildman–Crippen LogP) is 3.96. The molecule has 0 spiro atoms. The lowest BCUT2D eigenvalue weighted by molar-refractivity contribution is 1.18. The Morgan fingerprint density at radius 1 is 1.25 bits per heavy atom. The number of hydrogen-bond acceptors (Lipinski definition) is 3. The third-order valence-corrected chi connectivity index (χ3v) is 3.33. The van der Waals surface area contributed by atoms with Crippen LogP contribution in [0.1, 0.15) is 11.3 Å². The van der Waals surface area contributed by atoms with Crippen molar-refractivity contribution in [3.05, 3.63) is 53.1 Å². The van der Waals surface area contributed by atoms with Gasteiger partial charge in [0.25, 0.3) is 0 Å². The molecule has 0 aliphatic carbocycles. The van der Waals surface area contributed by atoms with Gasteiger partial charge in [0.05, 0.1) is 0 Å². The summed E-state index contributed by atoms with van der Waals surface area (Å²) in [5.41, 5.74) is 4.37. The molecule has 0 bridgehead atoms. The smallest absolute Gasteiger partial charge is 0.141 e. The molecule has 3 aromatic rings. The predicted molar refractivity (Wildman–Crippen MR) is 84.4 cm³/mol. The largest absolute Gasteiger partial charge is 0.388 e. The highest BCUT2D eigenvalue weighted by atomic mass is 35.5. The highest BCUT2D eigenvalue weighted by molar-refractivity contribution is 6.30. The van der Waals surface area contributed by atoms with Crippen LogP contribution in [0.2, 0.25) is 5.02 Å². The Balaban J connectivity index is 0.000000151. The Morgan fingerprint density at radius 3 is 2.65 bits per heavy atom. The van der Waals surface area contributed by atoms with Gasteiger partial charge in [0.15, 0.2) is 0 Å². The van der Waals surface area contributed by atoms with E-state index in [-0.39, 0.29) is 0 Å². The van der Waals surface area contributed by atoms with E-state index in [1.807, 2.05) is 44.4 Å². The first-order valence-electron chi connectivity index (χ1n) is 6.30. The van der Waals surface area contributed by atoms with E-state index in [0.717, 1.165) is 21.7 Å². The molecule has 0 radical (unpaired) electrons. The maximum absolute atomic E-state index is 5.68.